The maximum atomic E-state index is 5.83. The highest BCUT2D eigenvalue weighted by Crippen LogP contribution is 2.25. The molecule has 2 heterocycles. The molecule has 0 N–H and O–H groups in total. The lowest BCUT2D eigenvalue weighted by Gasteiger charge is -2.37. The first kappa shape index (κ1) is 12.0. The minimum Gasteiger partial charge on any atom is -0.357 e. The lowest BCUT2D eigenvalue weighted by Crippen LogP contribution is -2.45. The first-order valence-corrected chi connectivity index (χ1v) is 6.91. The second kappa shape index (κ2) is 5.29. The number of hydrogen-bond donors (Lipinski definition) is 0. The van der Waals surface area contributed by atoms with Crippen molar-refractivity contribution in [1.82, 2.24) is 4.90 Å². The normalized spacial score (nSPS) is 29.3. The number of nitrogens with zero attached hydrogens (tertiary/aromatic N) is 2. The molecule has 2 aliphatic rings. The van der Waals surface area contributed by atoms with Crippen LogP contribution in [0.25, 0.3) is 0 Å². The van der Waals surface area contributed by atoms with Gasteiger partial charge in [0.2, 0.25) is 0 Å². The van der Waals surface area contributed by atoms with E-state index < -0.39 is 0 Å². The molecule has 2 saturated heterocycles. The topological polar surface area (TPSA) is 24.8 Å². The smallest absolute Gasteiger partial charge is 0.158 e. The molecule has 2 bridgehead atoms. The quantitative estimate of drug-likeness (QED) is 0.767. The Kier molecular flexibility index (Phi) is 3.52. The lowest BCUT2D eigenvalue weighted by molar-refractivity contribution is 0.184. The van der Waals surface area contributed by atoms with Gasteiger partial charge in [-0.15, -0.1) is 0 Å². The van der Waals surface area contributed by atoms with E-state index in [1.54, 1.807) is 0 Å². The van der Waals surface area contributed by atoms with Crippen LogP contribution in [0.2, 0.25) is 5.02 Å². The number of hydrogen-bond acceptors (Lipinski definition) is 3. The predicted octanol–water partition coefficient (Wildman–Crippen LogP) is 3.19. The van der Waals surface area contributed by atoms with Crippen LogP contribution in [0, 0.1) is 5.92 Å². The second-order valence-electron chi connectivity index (χ2n) is 5.02. The first-order chi connectivity index (χ1) is 8.81. The summed E-state index contributed by atoms with van der Waals surface area (Å²) in [6.45, 7) is 3.53. The van der Waals surface area contributed by atoms with Gasteiger partial charge in [-0.25, -0.2) is 0 Å². The SMILES string of the molecule is Clc1ccc(ON=C2CCN3CCCC2C3)cc1. The van der Waals surface area contributed by atoms with Gasteiger partial charge in [0, 0.05) is 30.5 Å². The van der Waals surface area contributed by atoms with Crippen LogP contribution in [0.15, 0.2) is 29.4 Å². The van der Waals surface area contributed by atoms with Gasteiger partial charge in [-0.3, -0.25) is 0 Å². The van der Waals surface area contributed by atoms with Crippen molar-refractivity contribution in [1.29, 1.82) is 0 Å². The Morgan fingerprint density at radius 3 is 2.89 bits per heavy atom. The molecule has 1 aromatic carbocycles. The van der Waals surface area contributed by atoms with Crippen molar-refractivity contribution < 1.29 is 4.84 Å². The zero-order chi connectivity index (χ0) is 12.4. The standard InChI is InChI=1S/C14H17ClN2O/c15-12-3-5-13(6-4-12)18-16-14-7-9-17-8-1-2-11(14)10-17/h3-6,11H,1-2,7-10H2. The molecule has 2 unspecified atom stereocenters. The highest BCUT2D eigenvalue weighted by Gasteiger charge is 2.29. The minimum absolute atomic E-state index is 0.597. The highest BCUT2D eigenvalue weighted by molar-refractivity contribution is 6.30. The summed E-state index contributed by atoms with van der Waals surface area (Å²) < 4.78 is 0. The summed E-state index contributed by atoms with van der Waals surface area (Å²) in [4.78, 5) is 8.03. The van der Waals surface area contributed by atoms with E-state index in [9.17, 15) is 0 Å². The highest BCUT2D eigenvalue weighted by atomic mass is 35.5. The van der Waals surface area contributed by atoms with Gasteiger partial charge in [0.15, 0.2) is 5.75 Å². The molecular formula is C14H17ClN2O. The Bertz CT molecular complexity index is 444. The number of piperidine rings is 2. The Morgan fingerprint density at radius 2 is 2.06 bits per heavy atom. The summed E-state index contributed by atoms with van der Waals surface area (Å²) in [5.41, 5.74) is 1.22. The van der Waals surface area contributed by atoms with Crippen LogP contribution in [0.4, 0.5) is 0 Å². The van der Waals surface area contributed by atoms with Gasteiger partial charge in [0.1, 0.15) is 0 Å². The molecule has 2 aliphatic heterocycles. The van der Waals surface area contributed by atoms with Crippen LogP contribution in [-0.4, -0.2) is 30.2 Å². The van der Waals surface area contributed by atoms with E-state index in [0.717, 1.165) is 30.3 Å². The van der Waals surface area contributed by atoms with Gasteiger partial charge in [0.05, 0.1) is 5.71 Å². The van der Waals surface area contributed by atoms with Crippen LogP contribution < -0.4 is 4.84 Å². The van der Waals surface area contributed by atoms with E-state index in [-0.39, 0.29) is 0 Å². The molecule has 2 fully saturated rings. The third-order valence-electron chi connectivity index (χ3n) is 3.74. The lowest BCUT2D eigenvalue weighted by atomic mass is 9.88. The van der Waals surface area contributed by atoms with E-state index in [1.165, 1.54) is 25.1 Å². The average molecular weight is 265 g/mol. The van der Waals surface area contributed by atoms with E-state index in [1.807, 2.05) is 24.3 Å². The fourth-order valence-electron chi connectivity index (χ4n) is 2.73. The van der Waals surface area contributed by atoms with E-state index >= 15 is 0 Å². The zero-order valence-electron chi connectivity index (χ0n) is 10.3. The van der Waals surface area contributed by atoms with Crippen molar-refractivity contribution in [3.63, 3.8) is 0 Å². The first-order valence-electron chi connectivity index (χ1n) is 6.53. The van der Waals surface area contributed by atoms with Gasteiger partial charge in [-0.1, -0.05) is 16.8 Å². The van der Waals surface area contributed by atoms with E-state index in [0.29, 0.717) is 5.92 Å². The van der Waals surface area contributed by atoms with Crippen molar-refractivity contribution in [2.45, 2.75) is 19.3 Å². The Morgan fingerprint density at radius 1 is 1.22 bits per heavy atom. The fourth-order valence-corrected chi connectivity index (χ4v) is 2.86. The summed E-state index contributed by atoms with van der Waals surface area (Å²) in [5.74, 6) is 1.35. The summed E-state index contributed by atoms with van der Waals surface area (Å²) in [7, 11) is 0. The molecule has 96 valence electrons. The molecule has 2 atom stereocenters. The van der Waals surface area contributed by atoms with Crippen molar-refractivity contribution in [2.75, 3.05) is 19.6 Å². The van der Waals surface area contributed by atoms with Gasteiger partial charge in [-0.2, -0.15) is 0 Å². The van der Waals surface area contributed by atoms with Crippen LogP contribution in [0.1, 0.15) is 19.3 Å². The number of fused-ring (bicyclic) bond motifs is 2. The molecule has 18 heavy (non-hydrogen) atoms. The molecule has 0 radical (unpaired) electrons. The molecular weight excluding hydrogens is 248 g/mol. The van der Waals surface area contributed by atoms with Crippen LogP contribution in [0.3, 0.4) is 0 Å². The minimum atomic E-state index is 0.597. The van der Waals surface area contributed by atoms with E-state index in [2.05, 4.69) is 10.1 Å². The van der Waals surface area contributed by atoms with Crippen molar-refractivity contribution >= 4 is 17.3 Å². The molecule has 1 aromatic rings. The number of halogens is 1. The number of oxime groups is 1. The molecule has 0 saturated carbocycles. The zero-order valence-corrected chi connectivity index (χ0v) is 11.1. The van der Waals surface area contributed by atoms with Crippen LogP contribution in [-0.2, 0) is 0 Å². The fraction of sp³-hybridized carbons (Fsp3) is 0.500. The molecule has 0 aromatic heterocycles. The van der Waals surface area contributed by atoms with Crippen LogP contribution >= 0.6 is 11.6 Å². The predicted molar refractivity (Wildman–Crippen MR) is 73.3 cm³/mol. The van der Waals surface area contributed by atoms with Crippen molar-refractivity contribution in [3.05, 3.63) is 29.3 Å². The molecule has 3 nitrogen and oxygen atoms in total. The molecule has 4 heteroatoms. The monoisotopic (exact) mass is 264 g/mol. The second-order valence-corrected chi connectivity index (χ2v) is 5.45. The van der Waals surface area contributed by atoms with Gasteiger partial charge in [0.25, 0.3) is 0 Å². The third kappa shape index (κ3) is 2.68. The maximum Gasteiger partial charge on any atom is 0.158 e. The Balaban J connectivity index is 1.66. The van der Waals surface area contributed by atoms with Crippen LogP contribution in [0.5, 0.6) is 5.75 Å². The summed E-state index contributed by atoms with van der Waals surface area (Å²) >= 11 is 5.83. The van der Waals surface area contributed by atoms with Gasteiger partial charge in [-0.05, 0) is 43.7 Å². The van der Waals surface area contributed by atoms with E-state index in [4.69, 9.17) is 16.4 Å². The summed E-state index contributed by atoms with van der Waals surface area (Å²) in [6.07, 6.45) is 3.57. The number of rotatable bonds is 2. The molecule has 0 spiro atoms. The summed E-state index contributed by atoms with van der Waals surface area (Å²) in [6, 6.07) is 7.34. The Hall–Kier alpha value is -1.06. The third-order valence-corrected chi connectivity index (χ3v) is 3.99. The number of benzene rings is 1. The average Bonchev–Trinajstić information content (AvgIpc) is 2.40. The summed E-state index contributed by atoms with van der Waals surface area (Å²) in [5, 5.41) is 5.07. The maximum absolute atomic E-state index is 5.83. The molecule has 3 rings (SSSR count). The largest absolute Gasteiger partial charge is 0.357 e. The van der Waals surface area contributed by atoms with Crippen molar-refractivity contribution in [2.24, 2.45) is 11.1 Å². The molecule has 0 amide bonds. The Labute approximate surface area is 112 Å². The van der Waals surface area contributed by atoms with Gasteiger partial charge >= 0.3 is 0 Å². The van der Waals surface area contributed by atoms with Crippen molar-refractivity contribution in [3.8, 4) is 5.75 Å². The molecule has 0 aliphatic carbocycles. The van der Waals surface area contributed by atoms with Gasteiger partial charge < -0.3 is 9.74 Å².